The van der Waals surface area contributed by atoms with E-state index in [9.17, 15) is 0 Å². The minimum Gasteiger partial charge on any atom is -0.490 e. The van der Waals surface area contributed by atoms with Gasteiger partial charge in [-0.15, -0.1) is 0 Å². The first kappa shape index (κ1) is 12.5. The van der Waals surface area contributed by atoms with Crippen LogP contribution < -0.4 is 10.1 Å². The van der Waals surface area contributed by atoms with E-state index in [-0.39, 0.29) is 0 Å². The second-order valence-electron chi connectivity index (χ2n) is 5.42. The molecular formula is C15H20BrNO. The number of ether oxygens (including phenoxy) is 1. The highest BCUT2D eigenvalue weighted by Crippen LogP contribution is 2.30. The quantitative estimate of drug-likeness (QED) is 0.916. The molecule has 98 valence electrons. The van der Waals surface area contributed by atoms with Crippen LogP contribution in [0.15, 0.2) is 22.7 Å². The summed E-state index contributed by atoms with van der Waals surface area (Å²) in [6.45, 7) is 1.16. The molecule has 1 atom stereocenters. The highest BCUT2D eigenvalue weighted by molar-refractivity contribution is 9.10. The van der Waals surface area contributed by atoms with Crippen molar-refractivity contribution >= 4 is 15.9 Å². The first-order chi connectivity index (χ1) is 8.81. The van der Waals surface area contributed by atoms with Crippen LogP contribution in [0.5, 0.6) is 5.75 Å². The van der Waals surface area contributed by atoms with Gasteiger partial charge in [-0.2, -0.15) is 0 Å². The van der Waals surface area contributed by atoms with Crippen molar-refractivity contribution in [3.05, 3.63) is 28.2 Å². The fourth-order valence-electron chi connectivity index (χ4n) is 2.69. The minimum absolute atomic E-state index is 0.460. The standard InChI is InChI=1S/C15H20BrNO/c16-12-6-7-15(18-14-4-1-5-14)11(9-12)10-13-3-2-8-17-13/h6-7,9,13-14,17H,1-5,8,10H2. The van der Waals surface area contributed by atoms with Gasteiger partial charge in [-0.1, -0.05) is 15.9 Å². The number of nitrogens with one attached hydrogen (secondary N) is 1. The van der Waals surface area contributed by atoms with Crippen molar-refractivity contribution < 1.29 is 4.74 Å². The largest absolute Gasteiger partial charge is 0.490 e. The Balaban J connectivity index is 1.73. The van der Waals surface area contributed by atoms with Crippen molar-refractivity contribution in [3.8, 4) is 5.75 Å². The lowest BCUT2D eigenvalue weighted by Crippen LogP contribution is -2.27. The number of hydrogen-bond acceptors (Lipinski definition) is 2. The van der Waals surface area contributed by atoms with Gasteiger partial charge in [0.2, 0.25) is 0 Å². The molecule has 0 radical (unpaired) electrons. The molecule has 1 heterocycles. The average molecular weight is 310 g/mol. The van der Waals surface area contributed by atoms with E-state index in [4.69, 9.17) is 4.74 Å². The van der Waals surface area contributed by atoms with E-state index in [0.29, 0.717) is 12.1 Å². The van der Waals surface area contributed by atoms with Gasteiger partial charge >= 0.3 is 0 Å². The van der Waals surface area contributed by atoms with E-state index in [2.05, 4.69) is 39.4 Å². The maximum atomic E-state index is 6.10. The zero-order valence-electron chi connectivity index (χ0n) is 10.6. The van der Waals surface area contributed by atoms with Gasteiger partial charge < -0.3 is 10.1 Å². The van der Waals surface area contributed by atoms with Gasteiger partial charge in [0, 0.05) is 10.5 Å². The van der Waals surface area contributed by atoms with Crippen molar-refractivity contribution in [1.82, 2.24) is 5.32 Å². The predicted octanol–water partition coefficient (Wildman–Crippen LogP) is 3.67. The molecule has 3 heteroatoms. The molecule has 18 heavy (non-hydrogen) atoms. The normalized spacial score (nSPS) is 23.9. The lowest BCUT2D eigenvalue weighted by Gasteiger charge is -2.28. The molecule has 0 amide bonds. The van der Waals surface area contributed by atoms with E-state index in [0.717, 1.165) is 23.2 Å². The van der Waals surface area contributed by atoms with Gasteiger partial charge in [0.25, 0.3) is 0 Å². The van der Waals surface area contributed by atoms with Crippen LogP contribution in [0, 0.1) is 0 Å². The Labute approximate surface area is 117 Å². The summed E-state index contributed by atoms with van der Waals surface area (Å²) in [5, 5.41) is 3.56. The van der Waals surface area contributed by atoms with Crippen molar-refractivity contribution in [2.24, 2.45) is 0 Å². The number of benzene rings is 1. The average Bonchev–Trinajstić information content (AvgIpc) is 2.78. The van der Waals surface area contributed by atoms with Gasteiger partial charge in [-0.3, -0.25) is 0 Å². The molecule has 2 aliphatic rings. The van der Waals surface area contributed by atoms with E-state index in [1.807, 2.05) is 0 Å². The monoisotopic (exact) mass is 309 g/mol. The number of hydrogen-bond donors (Lipinski definition) is 1. The number of halogens is 1. The molecule has 0 aromatic heterocycles. The lowest BCUT2D eigenvalue weighted by atomic mass is 9.96. The third-order valence-electron chi connectivity index (χ3n) is 4.00. The third-order valence-corrected chi connectivity index (χ3v) is 4.49. The third kappa shape index (κ3) is 2.89. The van der Waals surface area contributed by atoms with E-state index in [1.54, 1.807) is 0 Å². The summed E-state index contributed by atoms with van der Waals surface area (Å²) in [5.74, 6) is 1.09. The van der Waals surface area contributed by atoms with E-state index < -0.39 is 0 Å². The van der Waals surface area contributed by atoms with Crippen LogP contribution in [0.4, 0.5) is 0 Å². The molecule has 0 spiro atoms. The molecule has 3 rings (SSSR count). The summed E-state index contributed by atoms with van der Waals surface area (Å²) in [6.07, 6.45) is 7.89. The molecule has 1 N–H and O–H groups in total. The van der Waals surface area contributed by atoms with Crippen LogP contribution in [0.3, 0.4) is 0 Å². The zero-order valence-corrected chi connectivity index (χ0v) is 12.2. The maximum absolute atomic E-state index is 6.10. The Kier molecular flexibility index (Phi) is 3.90. The molecule has 1 aliphatic carbocycles. The Morgan fingerprint density at radius 3 is 2.78 bits per heavy atom. The minimum atomic E-state index is 0.460. The summed E-state index contributed by atoms with van der Waals surface area (Å²) < 4.78 is 7.25. The van der Waals surface area contributed by atoms with Crippen LogP contribution in [0.1, 0.15) is 37.7 Å². The summed E-state index contributed by atoms with van der Waals surface area (Å²) >= 11 is 3.57. The molecule has 0 bridgehead atoms. The highest BCUT2D eigenvalue weighted by Gasteiger charge is 2.22. The summed E-state index contributed by atoms with van der Waals surface area (Å²) in [6, 6.07) is 7.04. The Bertz CT molecular complexity index is 411. The summed E-state index contributed by atoms with van der Waals surface area (Å²) in [4.78, 5) is 0. The predicted molar refractivity (Wildman–Crippen MR) is 77.1 cm³/mol. The van der Waals surface area contributed by atoms with Gasteiger partial charge in [0.15, 0.2) is 0 Å². The molecule has 2 fully saturated rings. The fraction of sp³-hybridized carbons (Fsp3) is 0.600. The molecular weight excluding hydrogens is 290 g/mol. The molecule has 1 aromatic rings. The molecule has 1 unspecified atom stereocenters. The Morgan fingerprint density at radius 2 is 2.11 bits per heavy atom. The molecule has 1 saturated carbocycles. The zero-order chi connectivity index (χ0) is 12.4. The van der Waals surface area contributed by atoms with Gasteiger partial charge in [-0.05, 0) is 68.8 Å². The van der Waals surface area contributed by atoms with Crippen LogP contribution in [-0.4, -0.2) is 18.7 Å². The Morgan fingerprint density at radius 1 is 1.22 bits per heavy atom. The molecule has 1 saturated heterocycles. The highest BCUT2D eigenvalue weighted by atomic mass is 79.9. The van der Waals surface area contributed by atoms with Crippen molar-refractivity contribution in [1.29, 1.82) is 0 Å². The lowest BCUT2D eigenvalue weighted by molar-refractivity contribution is 0.119. The van der Waals surface area contributed by atoms with Gasteiger partial charge in [-0.25, -0.2) is 0 Å². The van der Waals surface area contributed by atoms with Crippen molar-refractivity contribution in [2.45, 2.75) is 50.7 Å². The molecule has 1 aliphatic heterocycles. The summed E-state index contributed by atoms with van der Waals surface area (Å²) in [7, 11) is 0. The van der Waals surface area contributed by atoms with Crippen LogP contribution in [0.25, 0.3) is 0 Å². The van der Waals surface area contributed by atoms with Crippen LogP contribution >= 0.6 is 15.9 Å². The second-order valence-corrected chi connectivity index (χ2v) is 6.34. The first-order valence-corrected chi connectivity index (χ1v) is 7.79. The fourth-order valence-corrected chi connectivity index (χ4v) is 3.10. The molecule has 2 nitrogen and oxygen atoms in total. The van der Waals surface area contributed by atoms with E-state index >= 15 is 0 Å². The number of rotatable bonds is 4. The van der Waals surface area contributed by atoms with Crippen LogP contribution in [-0.2, 0) is 6.42 Å². The van der Waals surface area contributed by atoms with E-state index in [1.165, 1.54) is 37.7 Å². The SMILES string of the molecule is Brc1ccc(OC2CCC2)c(CC2CCCN2)c1. The van der Waals surface area contributed by atoms with Gasteiger partial charge in [0.05, 0.1) is 6.10 Å². The maximum Gasteiger partial charge on any atom is 0.123 e. The summed E-state index contributed by atoms with van der Waals surface area (Å²) in [5.41, 5.74) is 1.34. The Hall–Kier alpha value is -0.540. The molecule has 1 aromatic carbocycles. The van der Waals surface area contributed by atoms with Gasteiger partial charge in [0.1, 0.15) is 5.75 Å². The smallest absolute Gasteiger partial charge is 0.123 e. The van der Waals surface area contributed by atoms with Crippen molar-refractivity contribution in [2.75, 3.05) is 6.54 Å². The second kappa shape index (κ2) is 5.62. The topological polar surface area (TPSA) is 21.3 Å². The van der Waals surface area contributed by atoms with Crippen LogP contribution in [0.2, 0.25) is 0 Å². The first-order valence-electron chi connectivity index (χ1n) is 7.00. The van der Waals surface area contributed by atoms with Crippen molar-refractivity contribution in [3.63, 3.8) is 0 Å².